The molecule has 2 unspecified atom stereocenters. The Morgan fingerprint density at radius 3 is 2.48 bits per heavy atom. The Hall–Kier alpha value is -2.61. The predicted molar refractivity (Wildman–Crippen MR) is 127 cm³/mol. The molecule has 174 valence electrons. The fraction of sp³-hybridized carbons (Fsp3) is 0.400. The summed E-state index contributed by atoms with van der Waals surface area (Å²) in [6.45, 7) is 4.20. The summed E-state index contributed by atoms with van der Waals surface area (Å²) in [5.74, 6) is -0.283. The Balaban J connectivity index is 1.70. The van der Waals surface area contributed by atoms with E-state index in [2.05, 4.69) is 5.01 Å². The van der Waals surface area contributed by atoms with E-state index in [-0.39, 0.29) is 17.9 Å². The zero-order valence-corrected chi connectivity index (χ0v) is 19.6. The van der Waals surface area contributed by atoms with Gasteiger partial charge < -0.3 is 9.30 Å². The molecule has 1 aromatic heterocycles. The molecule has 33 heavy (non-hydrogen) atoms. The largest absolute Gasteiger partial charge is 0.359 e. The van der Waals surface area contributed by atoms with E-state index in [1.807, 2.05) is 40.9 Å². The fourth-order valence-corrected chi connectivity index (χ4v) is 5.35. The van der Waals surface area contributed by atoms with Crippen molar-refractivity contribution in [3.63, 3.8) is 0 Å². The highest BCUT2D eigenvalue weighted by Gasteiger charge is 2.50. The molecule has 2 aromatic carbocycles. The molecule has 5 rings (SSSR count). The van der Waals surface area contributed by atoms with Crippen molar-refractivity contribution in [3.8, 4) is 5.69 Å². The Morgan fingerprint density at radius 1 is 1.09 bits per heavy atom. The maximum absolute atomic E-state index is 13.6. The van der Waals surface area contributed by atoms with Crippen molar-refractivity contribution in [1.29, 1.82) is 0 Å². The molecule has 3 aromatic rings. The van der Waals surface area contributed by atoms with Gasteiger partial charge in [0.05, 0.1) is 5.52 Å². The van der Waals surface area contributed by atoms with E-state index >= 15 is 0 Å². The van der Waals surface area contributed by atoms with E-state index in [0.29, 0.717) is 11.6 Å². The molecule has 2 atom stereocenters. The molecule has 0 aliphatic carbocycles. The summed E-state index contributed by atoms with van der Waals surface area (Å²) in [4.78, 5) is 15.3. The van der Waals surface area contributed by atoms with E-state index in [9.17, 15) is 9.18 Å². The number of methoxy groups -OCH3 is 1. The molecule has 8 heteroatoms. The van der Waals surface area contributed by atoms with Gasteiger partial charge in [0.1, 0.15) is 11.9 Å². The van der Waals surface area contributed by atoms with Crippen molar-refractivity contribution in [1.82, 2.24) is 19.5 Å². The van der Waals surface area contributed by atoms with Crippen LogP contribution in [0.3, 0.4) is 0 Å². The maximum Gasteiger partial charge on any atom is 0.337 e. The van der Waals surface area contributed by atoms with Gasteiger partial charge in [-0.05, 0) is 62.2 Å². The second kappa shape index (κ2) is 8.97. The van der Waals surface area contributed by atoms with Gasteiger partial charge in [-0.2, -0.15) is 0 Å². The Kier molecular flexibility index (Phi) is 6.03. The fourth-order valence-electron chi connectivity index (χ4n) is 5.18. The average molecular weight is 471 g/mol. The smallest absolute Gasteiger partial charge is 0.337 e. The van der Waals surface area contributed by atoms with Crippen LogP contribution in [0, 0.1) is 5.82 Å². The van der Waals surface area contributed by atoms with Gasteiger partial charge in [-0.25, -0.2) is 19.2 Å². The minimum Gasteiger partial charge on any atom is -0.359 e. The van der Waals surface area contributed by atoms with Gasteiger partial charge in [-0.15, -0.1) is 0 Å². The summed E-state index contributed by atoms with van der Waals surface area (Å²) in [7, 11) is 1.65. The lowest BCUT2D eigenvalue weighted by Crippen LogP contribution is -2.48. The molecule has 0 saturated carbocycles. The first kappa shape index (κ1) is 22.2. The van der Waals surface area contributed by atoms with Gasteiger partial charge in [0, 0.05) is 54.6 Å². The zero-order chi connectivity index (χ0) is 23.1. The third-order valence-electron chi connectivity index (χ3n) is 6.72. The van der Waals surface area contributed by atoms with Crippen molar-refractivity contribution in [2.75, 3.05) is 26.7 Å². The Bertz CT molecular complexity index is 1160. The Morgan fingerprint density at radius 2 is 1.82 bits per heavy atom. The summed E-state index contributed by atoms with van der Waals surface area (Å²) in [5.41, 5.74) is 2.74. The van der Waals surface area contributed by atoms with Crippen LogP contribution in [0.4, 0.5) is 9.18 Å². The van der Waals surface area contributed by atoms with Crippen LogP contribution in [0.5, 0.6) is 0 Å². The number of hydrazine groups is 1. The summed E-state index contributed by atoms with van der Waals surface area (Å²) in [6, 6.07) is 11.8. The minimum atomic E-state index is -0.435. The second-order valence-electron chi connectivity index (χ2n) is 8.59. The lowest BCUT2D eigenvalue weighted by molar-refractivity contribution is -0.0592. The quantitative estimate of drug-likeness (QED) is 0.487. The van der Waals surface area contributed by atoms with Gasteiger partial charge >= 0.3 is 6.03 Å². The van der Waals surface area contributed by atoms with Crippen molar-refractivity contribution in [2.24, 2.45) is 0 Å². The normalized spacial score (nSPS) is 22.0. The number of rotatable bonds is 5. The number of hydrogen-bond acceptors (Lipinski definition) is 3. The lowest BCUT2D eigenvalue weighted by Gasteiger charge is -2.37. The first-order valence-corrected chi connectivity index (χ1v) is 11.8. The van der Waals surface area contributed by atoms with Crippen molar-refractivity contribution < 1.29 is 13.9 Å². The number of carbonyl (C=O) groups excluding carboxylic acids is 1. The van der Waals surface area contributed by atoms with Gasteiger partial charge in [-0.3, -0.25) is 4.90 Å². The summed E-state index contributed by atoms with van der Waals surface area (Å²) >= 11 is 6.42. The molecule has 2 amide bonds. The Labute approximate surface area is 198 Å². The van der Waals surface area contributed by atoms with Crippen LogP contribution < -0.4 is 0 Å². The van der Waals surface area contributed by atoms with Crippen molar-refractivity contribution >= 4 is 28.5 Å². The SMILES string of the molecule is CCN1C(=O)N(N2CCCCC2)C(c2cn(-c3ccc(F)cc3)c3ccc(Cl)cc23)C1OC. The van der Waals surface area contributed by atoms with Crippen LogP contribution in [0.25, 0.3) is 16.6 Å². The number of likely N-dealkylation sites (N-methyl/N-ethyl adjacent to an activating group) is 1. The van der Waals surface area contributed by atoms with E-state index in [1.54, 1.807) is 24.1 Å². The number of hydrogen-bond donors (Lipinski definition) is 0. The molecule has 2 aliphatic heterocycles. The number of urea groups is 1. The number of amides is 2. The topological polar surface area (TPSA) is 41.0 Å². The van der Waals surface area contributed by atoms with Crippen molar-refractivity contribution in [2.45, 2.75) is 38.5 Å². The molecular weight excluding hydrogens is 443 g/mol. The van der Waals surface area contributed by atoms with Gasteiger partial charge in [0.2, 0.25) is 0 Å². The van der Waals surface area contributed by atoms with E-state index in [1.165, 1.54) is 18.6 Å². The zero-order valence-electron chi connectivity index (χ0n) is 18.9. The van der Waals surface area contributed by atoms with Crippen molar-refractivity contribution in [3.05, 3.63) is 65.1 Å². The number of piperidine rings is 1. The highest BCUT2D eigenvalue weighted by Crippen LogP contribution is 2.42. The first-order chi connectivity index (χ1) is 16.0. The molecule has 2 fully saturated rings. The molecule has 0 N–H and O–H groups in total. The maximum atomic E-state index is 13.6. The second-order valence-corrected chi connectivity index (χ2v) is 9.03. The van der Waals surface area contributed by atoms with Crippen LogP contribution >= 0.6 is 11.6 Å². The van der Waals surface area contributed by atoms with Crippen LogP contribution in [-0.4, -0.2) is 58.5 Å². The first-order valence-electron chi connectivity index (χ1n) is 11.5. The molecule has 0 spiro atoms. The molecule has 0 bridgehead atoms. The average Bonchev–Trinajstić information content (AvgIpc) is 3.33. The molecular formula is C25H28ClFN4O2. The van der Waals surface area contributed by atoms with E-state index in [0.717, 1.165) is 48.1 Å². The lowest BCUT2D eigenvalue weighted by atomic mass is 10.0. The summed E-state index contributed by atoms with van der Waals surface area (Å²) < 4.78 is 21.6. The number of ether oxygens (including phenoxy) is 1. The standard InChI is InChI=1S/C25H28ClFN4O2/c1-3-29-24(33-2)23(31(25(29)32)28-13-5-4-6-14-28)21-16-30(19-10-8-18(27)9-11-19)22-12-7-17(26)15-20(21)22/h7-12,15-16,23-24H,3-6,13-14H2,1-2H3. The number of aromatic nitrogens is 1. The monoisotopic (exact) mass is 470 g/mol. The summed E-state index contributed by atoms with van der Waals surface area (Å²) in [5, 5.41) is 5.63. The predicted octanol–water partition coefficient (Wildman–Crippen LogP) is 5.60. The third-order valence-corrected chi connectivity index (χ3v) is 6.96. The highest BCUT2D eigenvalue weighted by molar-refractivity contribution is 6.31. The highest BCUT2D eigenvalue weighted by atomic mass is 35.5. The van der Waals surface area contributed by atoms with Crippen LogP contribution in [-0.2, 0) is 4.74 Å². The van der Waals surface area contributed by atoms with Gasteiger partial charge in [0.25, 0.3) is 0 Å². The molecule has 0 radical (unpaired) electrons. The van der Waals surface area contributed by atoms with E-state index in [4.69, 9.17) is 16.3 Å². The molecule has 3 heterocycles. The number of halogens is 2. The molecule has 2 saturated heterocycles. The van der Waals surface area contributed by atoms with Gasteiger partial charge in [-0.1, -0.05) is 18.0 Å². The third kappa shape index (κ3) is 3.78. The minimum absolute atomic E-state index is 0.0408. The summed E-state index contributed by atoms with van der Waals surface area (Å²) in [6.07, 6.45) is 4.89. The number of carbonyl (C=O) groups is 1. The number of benzene rings is 2. The van der Waals surface area contributed by atoms with Crippen LogP contribution in [0.2, 0.25) is 5.02 Å². The molecule has 2 aliphatic rings. The number of fused-ring (bicyclic) bond motifs is 1. The number of nitrogens with zero attached hydrogens (tertiary/aromatic N) is 4. The van der Waals surface area contributed by atoms with Crippen LogP contribution in [0.15, 0.2) is 48.7 Å². The molecule has 6 nitrogen and oxygen atoms in total. The van der Waals surface area contributed by atoms with Gasteiger partial charge in [0.15, 0.2) is 6.23 Å². The van der Waals surface area contributed by atoms with Crippen LogP contribution in [0.1, 0.15) is 37.8 Å². The van der Waals surface area contributed by atoms with E-state index < -0.39 is 6.23 Å².